The van der Waals surface area contributed by atoms with E-state index < -0.39 is 52.6 Å². The average molecular weight is 648 g/mol. The molecule has 0 aliphatic heterocycles. The normalized spacial score (nSPS) is 11.8. The number of aromatic carboxylic acids is 1. The maximum atomic E-state index is 13.5. The summed E-state index contributed by atoms with van der Waals surface area (Å²) in [6.45, 7) is 2.95. The molecule has 246 valence electrons. The average Bonchev–Trinajstić information content (AvgIpc) is 3.04. The number of aliphatic carboxylic acids is 1. The first-order chi connectivity index (χ1) is 22.3. The number of nitrogens with one attached hydrogen (secondary N) is 3. The van der Waals surface area contributed by atoms with Crippen molar-refractivity contribution in [1.29, 1.82) is 0 Å². The summed E-state index contributed by atoms with van der Waals surface area (Å²) in [5.41, 5.74) is 1.00. The van der Waals surface area contributed by atoms with Gasteiger partial charge < -0.3 is 26.2 Å². The fourth-order valence-electron chi connectivity index (χ4n) is 4.90. The van der Waals surface area contributed by atoms with Crippen molar-refractivity contribution in [2.75, 3.05) is 11.9 Å². The summed E-state index contributed by atoms with van der Waals surface area (Å²) in [7, 11) is 1.38. The second kappa shape index (κ2) is 15.7. The molecule has 3 rings (SSSR count). The predicted octanol–water partition coefficient (Wildman–Crippen LogP) is 2.13. The number of benzene rings is 3. The van der Waals surface area contributed by atoms with Crippen LogP contribution in [-0.2, 0) is 43.2 Å². The molecule has 15 heteroatoms. The maximum absolute atomic E-state index is 13.5. The van der Waals surface area contributed by atoms with Crippen LogP contribution in [0, 0.1) is 10.1 Å². The number of aryl methyl sites for hydroxylation is 1. The van der Waals surface area contributed by atoms with Gasteiger partial charge in [0.25, 0.3) is 5.69 Å². The van der Waals surface area contributed by atoms with Crippen molar-refractivity contribution in [2.24, 2.45) is 0 Å². The third-order valence-electron chi connectivity index (χ3n) is 7.13. The van der Waals surface area contributed by atoms with Crippen molar-refractivity contribution in [3.8, 4) is 0 Å². The molecule has 2 atom stereocenters. The molecule has 0 heterocycles. The maximum Gasteiger partial charge on any atom is 0.395 e. The minimum Gasteiger partial charge on any atom is -0.478 e. The van der Waals surface area contributed by atoms with Gasteiger partial charge in [0.05, 0.1) is 21.9 Å². The Morgan fingerprint density at radius 1 is 0.830 bits per heavy atom. The fourth-order valence-corrected chi connectivity index (χ4v) is 4.90. The summed E-state index contributed by atoms with van der Waals surface area (Å²) in [4.78, 5) is 86.0. The van der Waals surface area contributed by atoms with Crippen LogP contribution in [0.2, 0.25) is 0 Å². The molecule has 0 radical (unpaired) electrons. The highest BCUT2D eigenvalue weighted by atomic mass is 16.6. The lowest BCUT2D eigenvalue weighted by molar-refractivity contribution is -0.384. The van der Waals surface area contributed by atoms with E-state index in [0.717, 1.165) is 4.90 Å². The Morgan fingerprint density at radius 3 is 1.98 bits per heavy atom. The number of carbonyl (C=O) groups is 6. The van der Waals surface area contributed by atoms with E-state index >= 15 is 0 Å². The van der Waals surface area contributed by atoms with Crippen molar-refractivity contribution in [3.63, 3.8) is 0 Å². The SMILES string of the molecule is CCc1cc(C[C@@H](NC(C)=O)C(=O)N[C@@H](Cc2ccc([N+](=O)[O-])cc2)C(=O)NC)ccc1N(C(=O)C(=O)O)c1ccccc1C(=O)O. The first kappa shape index (κ1) is 35.4. The summed E-state index contributed by atoms with van der Waals surface area (Å²) < 4.78 is 0. The molecule has 0 aliphatic carbocycles. The molecule has 0 saturated heterocycles. The number of anilines is 2. The lowest BCUT2D eigenvalue weighted by Gasteiger charge is -2.26. The molecule has 0 aromatic heterocycles. The number of nitro benzene ring substituents is 1. The third kappa shape index (κ3) is 8.97. The Morgan fingerprint density at radius 2 is 1.43 bits per heavy atom. The molecule has 0 spiro atoms. The smallest absolute Gasteiger partial charge is 0.395 e. The number of nitrogens with zero attached hydrogens (tertiary/aromatic N) is 2. The van der Waals surface area contributed by atoms with Crippen molar-refractivity contribution >= 4 is 52.6 Å². The van der Waals surface area contributed by atoms with E-state index in [1.807, 2.05) is 0 Å². The van der Waals surface area contributed by atoms with E-state index in [1.165, 1.54) is 74.6 Å². The van der Waals surface area contributed by atoms with Crippen LogP contribution in [0.4, 0.5) is 17.1 Å². The van der Waals surface area contributed by atoms with Gasteiger partial charge in [0.1, 0.15) is 12.1 Å². The molecular formula is C32H33N5O10. The van der Waals surface area contributed by atoms with Crippen molar-refractivity contribution in [3.05, 3.63) is 99.1 Å². The molecule has 0 fully saturated rings. The minimum absolute atomic E-state index is 0.00383. The highest BCUT2D eigenvalue weighted by molar-refractivity contribution is 6.39. The second-order valence-corrected chi connectivity index (χ2v) is 10.3. The number of rotatable bonds is 13. The van der Waals surface area contributed by atoms with Crippen LogP contribution in [0.1, 0.15) is 40.9 Å². The predicted molar refractivity (Wildman–Crippen MR) is 168 cm³/mol. The number of carboxylic acids is 2. The van der Waals surface area contributed by atoms with Crippen LogP contribution in [0.5, 0.6) is 0 Å². The fraction of sp³-hybridized carbons (Fsp3) is 0.250. The second-order valence-electron chi connectivity index (χ2n) is 10.3. The van der Waals surface area contributed by atoms with Gasteiger partial charge in [-0.2, -0.15) is 0 Å². The number of carboxylic acid groups (broad SMARTS) is 2. The van der Waals surface area contributed by atoms with Crippen LogP contribution >= 0.6 is 0 Å². The summed E-state index contributed by atoms with van der Waals surface area (Å²) in [6, 6.07) is 13.2. The third-order valence-corrected chi connectivity index (χ3v) is 7.13. The summed E-state index contributed by atoms with van der Waals surface area (Å²) in [5.74, 6) is -6.33. The van der Waals surface area contributed by atoms with Crippen molar-refractivity contribution < 1.29 is 43.9 Å². The monoisotopic (exact) mass is 647 g/mol. The molecule has 3 aromatic rings. The Hall–Kier alpha value is -6.12. The van der Waals surface area contributed by atoms with Gasteiger partial charge in [-0.25, -0.2) is 9.59 Å². The van der Waals surface area contributed by atoms with Crippen LogP contribution in [0.3, 0.4) is 0 Å². The number of hydrogen-bond donors (Lipinski definition) is 5. The number of likely N-dealkylation sites (N-methyl/N-ethyl adjacent to an activating group) is 1. The zero-order chi connectivity index (χ0) is 34.8. The van der Waals surface area contributed by atoms with Gasteiger partial charge >= 0.3 is 17.8 Å². The van der Waals surface area contributed by atoms with Crippen LogP contribution in [0.15, 0.2) is 66.7 Å². The molecule has 0 aliphatic rings. The minimum atomic E-state index is -1.81. The Labute approximate surface area is 268 Å². The molecular weight excluding hydrogens is 614 g/mol. The first-order valence-electron chi connectivity index (χ1n) is 14.3. The highest BCUT2D eigenvalue weighted by Crippen LogP contribution is 2.33. The number of para-hydroxylation sites is 1. The van der Waals surface area contributed by atoms with E-state index in [-0.39, 0.29) is 41.9 Å². The number of non-ortho nitro benzene ring substituents is 1. The van der Waals surface area contributed by atoms with Gasteiger partial charge in [-0.05, 0) is 41.3 Å². The molecule has 0 saturated carbocycles. The van der Waals surface area contributed by atoms with Crippen LogP contribution in [-0.4, -0.2) is 69.8 Å². The van der Waals surface area contributed by atoms with Gasteiger partial charge in [0.2, 0.25) is 17.7 Å². The van der Waals surface area contributed by atoms with Crippen LogP contribution in [0.25, 0.3) is 0 Å². The van der Waals surface area contributed by atoms with E-state index in [9.17, 15) is 49.1 Å². The van der Waals surface area contributed by atoms with Gasteiger partial charge in [-0.3, -0.25) is 34.2 Å². The topological polar surface area (TPSA) is 225 Å². The Kier molecular flexibility index (Phi) is 11.8. The summed E-state index contributed by atoms with van der Waals surface area (Å²) in [5, 5.41) is 37.9. The van der Waals surface area contributed by atoms with Crippen LogP contribution < -0.4 is 20.9 Å². The molecule has 4 amide bonds. The molecule has 0 unspecified atom stereocenters. The van der Waals surface area contributed by atoms with Gasteiger partial charge in [-0.15, -0.1) is 0 Å². The van der Waals surface area contributed by atoms with E-state index in [4.69, 9.17) is 0 Å². The molecule has 3 aromatic carbocycles. The lowest BCUT2D eigenvalue weighted by atomic mass is 9.98. The molecule has 15 nitrogen and oxygen atoms in total. The van der Waals surface area contributed by atoms with Crippen molar-refractivity contribution in [1.82, 2.24) is 16.0 Å². The number of hydrogen-bond acceptors (Lipinski definition) is 8. The van der Waals surface area contributed by atoms with Gasteiger partial charge in [0, 0.05) is 38.9 Å². The first-order valence-corrected chi connectivity index (χ1v) is 14.3. The van der Waals surface area contributed by atoms with E-state index in [2.05, 4.69) is 16.0 Å². The number of nitro groups is 1. The van der Waals surface area contributed by atoms with Gasteiger partial charge in [-0.1, -0.05) is 43.3 Å². The number of carbonyl (C=O) groups excluding carboxylic acids is 4. The van der Waals surface area contributed by atoms with E-state index in [0.29, 0.717) is 16.7 Å². The van der Waals surface area contributed by atoms with Gasteiger partial charge in [0.15, 0.2) is 0 Å². The Balaban J connectivity index is 1.95. The zero-order valence-corrected chi connectivity index (χ0v) is 25.7. The number of amides is 4. The zero-order valence-electron chi connectivity index (χ0n) is 25.7. The lowest BCUT2D eigenvalue weighted by Crippen LogP contribution is -2.54. The van der Waals surface area contributed by atoms with Crippen molar-refractivity contribution in [2.45, 2.75) is 45.2 Å². The van der Waals surface area contributed by atoms with E-state index in [1.54, 1.807) is 13.0 Å². The standard InChI is InChI=1S/C32H33N5O10/c1-4-21-15-20(11-14-26(21)36(30(41)32(44)45)27-8-6-5-7-23(27)31(42)43)17-25(34-18(2)38)29(40)35-24(28(39)33-3)16-19-9-12-22(13-10-19)37(46)47/h5-15,24-25H,4,16-17H2,1-3H3,(H,33,39)(H,34,38)(H,35,40)(H,42,43)(H,44,45)/t24-,25+/m0/s1. The quantitative estimate of drug-likeness (QED) is 0.103. The Bertz CT molecular complexity index is 1710. The summed E-state index contributed by atoms with van der Waals surface area (Å²) in [6.07, 6.45) is 0.193. The highest BCUT2D eigenvalue weighted by Gasteiger charge is 2.30. The molecule has 5 N–H and O–H groups in total. The molecule has 0 bridgehead atoms. The largest absolute Gasteiger partial charge is 0.478 e. The molecule has 47 heavy (non-hydrogen) atoms. The summed E-state index contributed by atoms with van der Waals surface area (Å²) >= 11 is 0.